The Labute approximate surface area is 213 Å². The average Bonchev–Trinajstić information content (AvgIpc) is 2.92. The van der Waals surface area contributed by atoms with Crippen LogP contribution in [0.15, 0.2) is 97.1 Å². The van der Waals surface area contributed by atoms with Crippen LogP contribution in [-0.2, 0) is 25.7 Å². The van der Waals surface area contributed by atoms with Crippen molar-refractivity contribution < 1.29 is 0 Å². The van der Waals surface area contributed by atoms with E-state index in [4.69, 9.17) is 0 Å². The van der Waals surface area contributed by atoms with Crippen molar-refractivity contribution in [2.75, 3.05) is 0 Å². The second-order valence-corrected chi connectivity index (χ2v) is 11.1. The smallest absolute Gasteiger partial charge is 0.0143 e. The summed E-state index contributed by atoms with van der Waals surface area (Å²) in [5, 5.41) is 11.6. The minimum absolute atomic E-state index is 0.530. The monoisotopic (exact) mass is 464 g/mol. The zero-order chi connectivity index (χ0) is 24.2. The molecule has 0 fully saturated rings. The van der Waals surface area contributed by atoms with Crippen molar-refractivity contribution in [1.29, 1.82) is 0 Å². The quantitative estimate of drug-likeness (QED) is 0.196. The Morgan fingerprint density at radius 1 is 0.333 bits per heavy atom. The highest BCUT2D eigenvalue weighted by Gasteiger charge is 2.22. The Hall–Kier alpha value is -3.64. The Morgan fingerprint density at radius 3 is 0.667 bits per heavy atom. The Morgan fingerprint density at radius 2 is 0.500 bits per heavy atom. The third-order valence-electron chi connectivity index (χ3n) is 8.52. The molecule has 0 spiro atoms. The van der Waals surface area contributed by atoms with E-state index in [1.54, 1.807) is 0 Å². The normalized spacial score (nSPS) is 18.4. The van der Waals surface area contributed by atoms with Gasteiger partial charge in [0.1, 0.15) is 0 Å². The van der Waals surface area contributed by atoms with Gasteiger partial charge < -0.3 is 0 Å². The molecular weight excluding hydrogens is 432 g/mol. The van der Waals surface area contributed by atoms with Gasteiger partial charge in [0.05, 0.1) is 0 Å². The van der Waals surface area contributed by atoms with Crippen LogP contribution in [0.5, 0.6) is 0 Å². The third kappa shape index (κ3) is 3.35. The minimum atomic E-state index is 0.530. The van der Waals surface area contributed by atoms with E-state index in [-0.39, 0.29) is 0 Å². The first-order valence-corrected chi connectivity index (χ1v) is 13.5. The molecule has 0 atom stereocenters. The molecule has 0 saturated carbocycles. The highest BCUT2D eigenvalue weighted by atomic mass is 14.3. The fourth-order valence-electron chi connectivity index (χ4n) is 7.04. The van der Waals surface area contributed by atoms with Gasteiger partial charge in [-0.2, -0.15) is 0 Å². The molecule has 7 rings (SSSR count). The number of hydrogen-bond donors (Lipinski definition) is 0. The van der Waals surface area contributed by atoms with Gasteiger partial charge >= 0.3 is 0 Å². The molecule has 6 aromatic carbocycles. The van der Waals surface area contributed by atoms with Crippen LogP contribution in [0.2, 0.25) is 0 Å². The average molecular weight is 465 g/mol. The van der Waals surface area contributed by atoms with Crippen molar-refractivity contribution in [2.45, 2.75) is 39.5 Å². The van der Waals surface area contributed by atoms with Crippen molar-refractivity contribution in [3.8, 4) is 0 Å². The van der Waals surface area contributed by atoms with Crippen molar-refractivity contribution in [3.05, 3.63) is 119 Å². The first-order valence-electron chi connectivity index (χ1n) is 13.5. The topological polar surface area (TPSA) is 0 Å². The summed E-state index contributed by atoms with van der Waals surface area (Å²) >= 11 is 0. The van der Waals surface area contributed by atoms with Crippen LogP contribution in [0.4, 0.5) is 0 Å². The van der Waals surface area contributed by atoms with Gasteiger partial charge in [-0.05, 0) is 103 Å². The number of benzene rings is 6. The molecule has 0 heteroatoms. The van der Waals surface area contributed by atoms with Gasteiger partial charge in [0.2, 0.25) is 0 Å². The van der Waals surface area contributed by atoms with Gasteiger partial charge in [-0.1, -0.05) is 111 Å². The molecule has 1 aliphatic carbocycles. The molecule has 176 valence electrons. The van der Waals surface area contributed by atoms with Crippen LogP contribution in [0.3, 0.4) is 0 Å². The molecule has 1 aliphatic rings. The van der Waals surface area contributed by atoms with E-state index < -0.39 is 0 Å². The lowest BCUT2D eigenvalue weighted by molar-refractivity contribution is 0.580. The first-order chi connectivity index (χ1) is 17.7. The fraction of sp³-hybridized carbons (Fsp3) is 0.222. The van der Waals surface area contributed by atoms with E-state index in [2.05, 4.69) is 111 Å². The van der Waals surface area contributed by atoms with Gasteiger partial charge in [0, 0.05) is 0 Å². The zero-order valence-corrected chi connectivity index (χ0v) is 21.2. The van der Waals surface area contributed by atoms with Crippen LogP contribution in [0, 0.1) is 11.8 Å². The number of fused-ring (bicyclic) bond motifs is 6. The van der Waals surface area contributed by atoms with Crippen molar-refractivity contribution in [1.82, 2.24) is 0 Å². The first kappa shape index (κ1) is 21.6. The molecule has 0 radical (unpaired) electrons. The molecule has 4 bridgehead atoms. The molecule has 0 saturated heterocycles. The van der Waals surface area contributed by atoms with E-state index in [1.807, 2.05) is 0 Å². The number of hydrogen-bond acceptors (Lipinski definition) is 0. The second kappa shape index (κ2) is 8.49. The molecule has 0 aromatic heterocycles. The molecule has 36 heavy (non-hydrogen) atoms. The Bertz CT molecular complexity index is 1400. The zero-order valence-electron chi connectivity index (χ0n) is 21.2. The fourth-order valence-corrected chi connectivity index (χ4v) is 7.04. The SMILES string of the molecule is CC1Cc2c3ccccc3c(c3ccccc23)CC(C)Cc2c3ccccc3c(c3ccccc23)C1. The Kier molecular flexibility index (Phi) is 5.10. The maximum Gasteiger partial charge on any atom is -0.0143 e. The van der Waals surface area contributed by atoms with Crippen molar-refractivity contribution >= 4 is 43.1 Å². The van der Waals surface area contributed by atoms with Gasteiger partial charge in [0.25, 0.3) is 0 Å². The van der Waals surface area contributed by atoms with Gasteiger partial charge in [-0.25, -0.2) is 0 Å². The highest BCUT2D eigenvalue weighted by Crippen LogP contribution is 2.40. The molecule has 0 aliphatic heterocycles. The minimum Gasteiger partial charge on any atom is -0.0619 e. The molecular formula is C36H32. The van der Waals surface area contributed by atoms with Crippen molar-refractivity contribution in [2.24, 2.45) is 11.8 Å². The number of rotatable bonds is 0. The van der Waals surface area contributed by atoms with Crippen LogP contribution in [0.25, 0.3) is 43.1 Å². The molecule has 0 amide bonds. The summed E-state index contributed by atoms with van der Waals surface area (Å²) in [5.74, 6) is 1.06. The van der Waals surface area contributed by atoms with Gasteiger partial charge in [-0.3, -0.25) is 0 Å². The van der Waals surface area contributed by atoms with Crippen LogP contribution in [-0.4, -0.2) is 0 Å². The molecule has 0 N–H and O–H groups in total. The van der Waals surface area contributed by atoms with Gasteiger partial charge in [-0.15, -0.1) is 0 Å². The largest absolute Gasteiger partial charge is 0.0619 e. The summed E-state index contributed by atoms with van der Waals surface area (Å²) in [7, 11) is 0. The van der Waals surface area contributed by atoms with Crippen LogP contribution >= 0.6 is 0 Å². The molecule has 0 unspecified atom stereocenters. The lowest BCUT2D eigenvalue weighted by Crippen LogP contribution is -2.11. The third-order valence-corrected chi connectivity index (χ3v) is 8.52. The molecule has 0 heterocycles. The summed E-state index contributed by atoms with van der Waals surface area (Å²) < 4.78 is 0. The maximum absolute atomic E-state index is 2.45. The summed E-state index contributed by atoms with van der Waals surface area (Å²) in [6.07, 6.45) is 4.34. The van der Waals surface area contributed by atoms with E-state index >= 15 is 0 Å². The second-order valence-electron chi connectivity index (χ2n) is 11.1. The van der Waals surface area contributed by atoms with Crippen LogP contribution < -0.4 is 0 Å². The predicted octanol–water partition coefficient (Wildman–Crippen LogP) is 9.46. The molecule has 0 nitrogen and oxygen atoms in total. The Balaban J connectivity index is 1.56. The van der Waals surface area contributed by atoms with Crippen molar-refractivity contribution in [3.63, 3.8) is 0 Å². The summed E-state index contributed by atoms with van der Waals surface area (Å²) in [6, 6.07) is 36.7. The van der Waals surface area contributed by atoms with E-state index in [1.165, 1.54) is 65.3 Å². The summed E-state index contributed by atoms with van der Waals surface area (Å²) in [6.45, 7) is 4.89. The summed E-state index contributed by atoms with van der Waals surface area (Å²) in [5.41, 5.74) is 6.08. The lowest BCUT2D eigenvalue weighted by atomic mass is 9.79. The standard InChI is InChI=1S/C36H32/c1-23-19-33-25-11-3-7-15-29(25)35(30-16-8-4-12-26(30)33)21-24(2)22-36-31-17-9-5-13-27(31)34(20-23)28-14-6-10-18-32(28)36/h3-18,23-24H,19-22H2,1-2H3. The van der Waals surface area contributed by atoms with E-state index in [0.717, 1.165) is 25.7 Å². The highest BCUT2D eigenvalue weighted by molar-refractivity contribution is 6.07. The predicted molar refractivity (Wildman–Crippen MR) is 156 cm³/mol. The molecule has 6 aromatic rings. The lowest BCUT2D eigenvalue weighted by Gasteiger charge is -2.25. The maximum atomic E-state index is 2.45. The van der Waals surface area contributed by atoms with E-state index in [9.17, 15) is 0 Å². The van der Waals surface area contributed by atoms with E-state index in [0.29, 0.717) is 11.8 Å². The van der Waals surface area contributed by atoms with Gasteiger partial charge in [0.15, 0.2) is 0 Å². The van der Waals surface area contributed by atoms with Crippen LogP contribution in [0.1, 0.15) is 36.1 Å². The summed E-state index contributed by atoms with van der Waals surface area (Å²) in [4.78, 5) is 0.